The third-order valence-electron chi connectivity index (χ3n) is 2.85. The summed E-state index contributed by atoms with van der Waals surface area (Å²) in [5, 5.41) is 11.6. The van der Waals surface area contributed by atoms with Crippen molar-refractivity contribution in [3.63, 3.8) is 0 Å². The number of hydrogen-bond donors (Lipinski definition) is 2. The first-order chi connectivity index (χ1) is 8.93. The molecule has 1 atom stereocenters. The van der Waals surface area contributed by atoms with Gasteiger partial charge in [-0.15, -0.1) is 0 Å². The van der Waals surface area contributed by atoms with E-state index in [2.05, 4.69) is 5.32 Å². The van der Waals surface area contributed by atoms with Crippen molar-refractivity contribution in [3.05, 3.63) is 29.8 Å². The molecular weight excluding hydrogens is 244 g/mol. The number of anilines is 1. The molecule has 2 N–H and O–H groups in total. The number of aliphatic carboxylic acids is 1. The van der Waals surface area contributed by atoms with E-state index in [0.717, 1.165) is 5.56 Å². The topological polar surface area (TPSA) is 69.6 Å². The van der Waals surface area contributed by atoms with Gasteiger partial charge in [0.15, 0.2) is 0 Å². The summed E-state index contributed by atoms with van der Waals surface area (Å²) in [6.07, 6.45) is 0. The Balaban J connectivity index is 2.66. The Morgan fingerprint density at radius 3 is 2.63 bits per heavy atom. The first-order valence-corrected chi connectivity index (χ1v) is 6.29. The lowest BCUT2D eigenvalue weighted by molar-refractivity contribution is -0.141. The molecule has 0 radical (unpaired) electrons. The Hall–Kier alpha value is -2.04. The molecule has 0 spiro atoms. The lowest BCUT2D eigenvalue weighted by atomic mass is 10.2. The van der Waals surface area contributed by atoms with Crippen molar-refractivity contribution in [2.75, 3.05) is 18.4 Å². The second-order valence-electron chi connectivity index (χ2n) is 4.58. The molecule has 0 aliphatic carbocycles. The van der Waals surface area contributed by atoms with Gasteiger partial charge in [-0.3, -0.25) is 4.79 Å². The summed E-state index contributed by atoms with van der Waals surface area (Å²) >= 11 is 0. The lowest BCUT2D eigenvalue weighted by Crippen LogP contribution is -2.39. The number of urea groups is 1. The van der Waals surface area contributed by atoms with E-state index in [1.54, 1.807) is 13.0 Å². The van der Waals surface area contributed by atoms with Crippen LogP contribution >= 0.6 is 0 Å². The summed E-state index contributed by atoms with van der Waals surface area (Å²) in [5.74, 6) is -1.48. The van der Waals surface area contributed by atoms with Crippen LogP contribution in [0.5, 0.6) is 0 Å². The number of carbonyl (C=O) groups excluding carboxylic acids is 1. The zero-order valence-corrected chi connectivity index (χ0v) is 11.5. The molecule has 0 aromatic heterocycles. The van der Waals surface area contributed by atoms with Crippen LogP contribution in [0.4, 0.5) is 10.5 Å². The van der Waals surface area contributed by atoms with Crippen LogP contribution in [0.3, 0.4) is 0 Å². The lowest BCUT2D eigenvalue weighted by Gasteiger charge is -2.23. The van der Waals surface area contributed by atoms with Crippen LogP contribution in [0.15, 0.2) is 24.3 Å². The van der Waals surface area contributed by atoms with E-state index >= 15 is 0 Å². The number of nitrogens with one attached hydrogen (secondary N) is 1. The quantitative estimate of drug-likeness (QED) is 0.858. The molecule has 0 fully saturated rings. The van der Waals surface area contributed by atoms with Gasteiger partial charge in [0.05, 0.1) is 5.92 Å². The van der Waals surface area contributed by atoms with Crippen LogP contribution in [0, 0.1) is 12.8 Å². The predicted molar refractivity (Wildman–Crippen MR) is 74.2 cm³/mol. The summed E-state index contributed by atoms with van der Waals surface area (Å²) in [7, 11) is 0. The highest BCUT2D eigenvalue weighted by atomic mass is 16.4. The summed E-state index contributed by atoms with van der Waals surface area (Å²) in [6, 6.07) is 7.20. The van der Waals surface area contributed by atoms with Gasteiger partial charge < -0.3 is 15.3 Å². The summed E-state index contributed by atoms with van der Waals surface area (Å²) in [6.45, 7) is 6.02. The third-order valence-corrected chi connectivity index (χ3v) is 2.85. The minimum absolute atomic E-state index is 0.198. The fraction of sp³-hybridized carbons (Fsp3) is 0.429. The highest BCUT2D eigenvalue weighted by Gasteiger charge is 2.19. The highest BCUT2D eigenvalue weighted by molar-refractivity contribution is 5.89. The van der Waals surface area contributed by atoms with Crippen molar-refractivity contribution >= 4 is 17.7 Å². The molecule has 0 aliphatic heterocycles. The smallest absolute Gasteiger partial charge is 0.321 e. The molecule has 1 unspecified atom stereocenters. The molecule has 0 aliphatic rings. The van der Waals surface area contributed by atoms with Crippen molar-refractivity contribution in [2.45, 2.75) is 20.8 Å². The van der Waals surface area contributed by atoms with Gasteiger partial charge in [-0.1, -0.05) is 19.1 Å². The van der Waals surface area contributed by atoms with Crippen molar-refractivity contribution < 1.29 is 14.7 Å². The number of rotatable bonds is 5. The number of carbonyl (C=O) groups is 2. The Morgan fingerprint density at radius 2 is 2.11 bits per heavy atom. The number of nitrogens with zero attached hydrogens (tertiary/aromatic N) is 1. The van der Waals surface area contributed by atoms with E-state index < -0.39 is 11.9 Å². The summed E-state index contributed by atoms with van der Waals surface area (Å²) < 4.78 is 0. The maximum atomic E-state index is 12.0. The fourth-order valence-corrected chi connectivity index (χ4v) is 1.69. The molecule has 0 saturated heterocycles. The van der Waals surface area contributed by atoms with Crippen molar-refractivity contribution in [1.29, 1.82) is 0 Å². The normalized spacial score (nSPS) is 11.7. The average molecular weight is 264 g/mol. The maximum absolute atomic E-state index is 12.0. The highest BCUT2D eigenvalue weighted by Crippen LogP contribution is 2.11. The minimum atomic E-state index is -0.901. The average Bonchev–Trinajstić information content (AvgIpc) is 2.35. The van der Waals surface area contributed by atoms with Gasteiger partial charge in [-0.05, 0) is 31.5 Å². The molecule has 0 heterocycles. The number of carboxylic acids is 1. The molecule has 2 amide bonds. The molecule has 1 rings (SSSR count). The van der Waals surface area contributed by atoms with E-state index in [0.29, 0.717) is 12.2 Å². The standard InChI is InChI=1S/C14H20N2O3/c1-4-16(9-11(3)13(17)18)14(19)15-12-7-5-6-10(2)8-12/h5-8,11H,4,9H2,1-3H3,(H,15,19)(H,17,18). The number of amides is 2. The van der Waals surface area contributed by atoms with Crippen molar-refractivity contribution in [3.8, 4) is 0 Å². The molecule has 1 aromatic rings. The minimum Gasteiger partial charge on any atom is -0.481 e. The summed E-state index contributed by atoms with van der Waals surface area (Å²) in [5.41, 5.74) is 1.77. The van der Waals surface area contributed by atoms with Crippen LogP contribution in [-0.2, 0) is 4.79 Å². The molecule has 0 bridgehead atoms. The first-order valence-electron chi connectivity index (χ1n) is 6.29. The predicted octanol–water partition coefficient (Wildman–Crippen LogP) is 2.57. The van der Waals surface area contributed by atoms with E-state index in [9.17, 15) is 9.59 Å². The molecule has 19 heavy (non-hydrogen) atoms. The number of aryl methyl sites for hydroxylation is 1. The van der Waals surface area contributed by atoms with Crippen LogP contribution in [0.1, 0.15) is 19.4 Å². The first kappa shape index (κ1) is 15.0. The zero-order valence-electron chi connectivity index (χ0n) is 11.5. The maximum Gasteiger partial charge on any atom is 0.321 e. The number of carboxylic acid groups (broad SMARTS) is 1. The molecule has 5 nitrogen and oxygen atoms in total. The van der Waals surface area contributed by atoms with Gasteiger partial charge in [0.2, 0.25) is 0 Å². The number of hydrogen-bond acceptors (Lipinski definition) is 2. The van der Waals surface area contributed by atoms with Gasteiger partial charge in [-0.25, -0.2) is 4.79 Å². The van der Waals surface area contributed by atoms with E-state index in [1.165, 1.54) is 4.90 Å². The van der Waals surface area contributed by atoms with Gasteiger partial charge in [-0.2, -0.15) is 0 Å². The molecule has 0 saturated carbocycles. The molecular formula is C14H20N2O3. The largest absolute Gasteiger partial charge is 0.481 e. The van der Waals surface area contributed by atoms with Gasteiger partial charge in [0.1, 0.15) is 0 Å². The van der Waals surface area contributed by atoms with Crippen LogP contribution in [-0.4, -0.2) is 35.1 Å². The van der Waals surface area contributed by atoms with Crippen LogP contribution < -0.4 is 5.32 Å². The Bertz CT molecular complexity index is 460. The van der Waals surface area contributed by atoms with Gasteiger partial charge in [0, 0.05) is 18.8 Å². The second-order valence-corrected chi connectivity index (χ2v) is 4.58. The Kier molecular flexibility index (Phi) is 5.36. The fourth-order valence-electron chi connectivity index (χ4n) is 1.69. The monoisotopic (exact) mass is 264 g/mol. The van der Waals surface area contributed by atoms with E-state index in [-0.39, 0.29) is 12.6 Å². The van der Waals surface area contributed by atoms with Crippen molar-refractivity contribution in [2.24, 2.45) is 5.92 Å². The molecule has 104 valence electrons. The molecule has 1 aromatic carbocycles. The zero-order chi connectivity index (χ0) is 14.4. The SMILES string of the molecule is CCN(CC(C)C(=O)O)C(=O)Nc1cccc(C)c1. The second kappa shape index (κ2) is 6.78. The van der Waals surface area contributed by atoms with Crippen LogP contribution in [0.2, 0.25) is 0 Å². The Morgan fingerprint density at radius 1 is 1.42 bits per heavy atom. The van der Waals surface area contributed by atoms with Gasteiger partial charge >= 0.3 is 12.0 Å². The Labute approximate surface area is 113 Å². The van der Waals surface area contributed by atoms with Crippen LogP contribution in [0.25, 0.3) is 0 Å². The van der Waals surface area contributed by atoms with Crippen molar-refractivity contribution in [1.82, 2.24) is 4.90 Å². The number of benzene rings is 1. The van der Waals surface area contributed by atoms with E-state index in [1.807, 2.05) is 32.0 Å². The third kappa shape index (κ3) is 4.62. The van der Waals surface area contributed by atoms with Gasteiger partial charge in [0.25, 0.3) is 0 Å². The summed E-state index contributed by atoms with van der Waals surface area (Å²) in [4.78, 5) is 24.3. The van der Waals surface area contributed by atoms with E-state index in [4.69, 9.17) is 5.11 Å². The molecule has 5 heteroatoms.